The lowest BCUT2D eigenvalue weighted by molar-refractivity contribution is -0.171. The lowest BCUT2D eigenvalue weighted by atomic mass is 10.0. The number of ether oxygens (including phenoxy) is 2. The summed E-state index contributed by atoms with van der Waals surface area (Å²) >= 11 is 0. The number of rotatable bonds is 5. The van der Waals surface area contributed by atoms with Crippen LogP contribution >= 0.6 is 0 Å². The molecule has 0 bridgehead atoms. The molecule has 21 heavy (non-hydrogen) atoms. The van der Waals surface area contributed by atoms with E-state index in [0.29, 0.717) is 12.5 Å². The summed E-state index contributed by atoms with van der Waals surface area (Å²) in [6.45, 7) is 1.17. The van der Waals surface area contributed by atoms with Crippen molar-refractivity contribution in [3.05, 3.63) is 0 Å². The van der Waals surface area contributed by atoms with Crippen LogP contribution in [0.25, 0.3) is 0 Å². The third-order valence-electron chi connectivity index (χ3n) is 2.66. The molecule has 0 aromatic rings. The number of cyclic esters (lactones) is 1. The second-order valence-electron chi connectivity index (χ2n) is 4.64. The molecule has 1 rings (SSSR count). The standard InChI is InChI=1S/C10H14O9S2/c1-4-18-9(13)10(5-20(2,14)15)7(21(3,16)17)6(11)8(12)19-10/h7H,4-5H2,1-3H3/t7-,10+/m1/s1. The molecule has 1 fully saturated rings. The van der Waals surface area contributed by atoms with Gasteiger partial charge in [-0.2, -0.15) is 0 Å². The summed E-state index contributed by atoms with van der Waals surface area (Å²) in [7, 11) is -8.25. The minimum Gasteiger partial charge on any atom is -0.463 e. The van der Waals surface area contributed by atoms with Crippen molar-refractivity contribution in [3.63, 3.8) is 0 Å². The maximum atomic E-state index is 12.0. The number of carbonyl (C=O) groups excluding carboxylic acids is 3. The second kappa shape index (κ2) is 5.37. The molecular weight excluding hydrogens is 328 g/mol. The molecule has 2 atom stereocenters. The number of Topliss-reactive ketones (excluding diaryl/α,β-unsaturated/α-hetero) is 1. The normalized spacial score (nSPS) is 26.5. The SMILES string of the molecule is CCOC(=O)[C@@]1(CS(C)(=O)=O)OC(=O)C(=O)[C@H]1S(C)(=O)=O. The van der Waals surface area contributed by atoms with Gasteiger partial charge in [-0.1, -0.05) is 0 Å². The molecule has 1 saturated heterocycles. The van der Waals surface area contributed by atoms with Gasteiger partial charge in [0.1, 0.15) is 5.75 Å². The van der Waals surface area contributed by atoms with Gasteiger partial charge in [-0.05, 0) is 6.92 Å². The first-order valence-corrected chi connectivity index (χ1v) is 9.67. The number of hydrogen-bond donors (Lipinski definition) is 0. The Kier molecular flexibility index (Phi) is 4.49. The molecule has 1 aliphatic rings. The highest BCUT2D eigenvalue weighted by Crippen LogP contribution is 2.33. The van der Waals surface area contributed by atoms with Gasteiger partial charge in [0.25, 0.3) is 5.78 Å². The van der Waals surface area contributed by atoms with Crippen molar-refractivity contribution in [1.29, 1.82) is 0 Å². The fraction of sp³-hybridized carbons (Fsp3) is 0.700. The average Bonchev–Trinajstić information content (AvgIpc) is 2.48. The molecular formula is C10H14O9S2. The molecule has 0 unspecified atom stereocenters. The minimum atomic E-state index is -4.29. The van der Waals surface area contributed by atoms with Gasteiger partial charge in [-0.3, -0.25) is 4.79 Å². The summed E-state index contributed by atoms with van der Waals surface area (Å²) in [4.78, 5) is 35.1. The van der Waals surface area contributed by atoms with E-state index in [9.17, 15) is 31.2 Å². The highest BCUT2D eigenvalue weighted by Gasteiger charge is 2.67. The first kappa shape index (κ1) is 17.6. The number of ketones is 1. The van der Waals surface area contributed by atoms with E-state index in [1.165, 1.54) is 6.92 Å². The van der Waals surface area contributed by atoms with Gasteiger partial charge in [0.15, 0.2) is 24.9 Å². The molecule has 0 N–H and O–H groups in total. The van der Waals surface area contributed by atoms with Gasteiger partial charge in [0.05, 0.1) is 6.61 Å². The van der Waals surface area contributed by atoms with Crippen LogP contribution in [-0.4, -0.2) is 70.3 Å². The Hall–Kier alpha value is -1.49. The Balaban J connectivity index is 3.58. The maximum Gasteiger partial charge on any atom is 0.377 e. The van der Waals surface area contributed by atoms with E-state index < -0.39 is 54.0 Å². The molecule has 0 aromatic carbocycles. The van der Waals surface area contributed by atoms with Gasteiger partial charge < -0.3 is 9.47 Å². The van der Waals surface area contributed by atoms with Gasteiger partial charge in [0, 0.05) is 12.5 Å². The third-order valence-corrected chi connectivity index (χ3v) is 5.07. The quantitative estimate of drug-likeness (QED) is 0.405. The largest absolute Gasteiger partial charge is 0.463 e. The van der Waals surface area contributed by atoms with E-state index in [0.717, 1.165) is 0 Å². The van der Waals surface area contributed by atoms with Gasteiger partial charge in [0.2, 0.25) is 5.60 Å². The van der Waals surface area contributed by atoms with Crippen LogP contribution in [0.5, 0.6) is 0 Å². The lowest BCUT2D eigenvalue weighted by Crippen LogP contribution is -2.57. The number of esters is 2. The van der Waals surface area contributed by atoms with Crippen molar-refractivity contribution in [2.24, 2.45) is 0 Å². The molecule has 120 valence electrons. The molecule has 1 heterocycles. The Morgan fingerprint density at radius 2 is 1.76 bits per heavy atom. The van der Waals surface area contributed by atoms with Crippen molar-refractivity contribution < 1.29 is 40.7 Å². The van der Waals surface area contributed by atoms with E-state index in [1.54, 1.807) is 0 Å². The fourth-order valence-electron chi connectivity index (χ4n) is 2.08. The zero-order valence-electron chi connectivity index (χ0n) is 11.5. The molecule has 0 amide bonds. The maximum absolute atomic E-state index is 12.0. The first-order valence-electron chi connectivity index (χ1n) is 5.66. The summed E-state index contributed by atoms with van der Waals surface area (Å²) in [5.74, 6) is -5.62. The Morgan fingerprint density at radius 3 is 2.14 bits per heavy atom. The van der Waals surface area contributed by atoms with Crippen molar-refractivity contribution in [3.8, 4) is 0 Å². The fourth-order valence-corrected chi connectivity index (χ4v) is 4.72. The molecule has 0 radical (unpaired) electrons. The van der Waals surface area contributed by atoms with Crippen LogP contribution < -0.4 is 0 Å². The molecule has 9 nitrogen and oxygen atoms in total. The molecule has 1 aliphatic heterocycles. The van der Waals surface area contributed by atoms with Crippen LogP contribution in [0, 0.1) is 0 Å². The highest BCUT2D eigenvalue weighted by atomic mass is 32.2. The molecule has 0 spiro atoms. The molecule has 0 aliphatic carbocycles. The van der Waals surface area contributed by atoms with Crippen LogP contribution in [0.4, 0.5) is 0 Å². The predicted molar refractivity (Wildman–Crippen MR) is 68.8 cm³/mol. The Morgan fingerprint density at radius 1 is 1.24 bits per heavy atom. The first-order chi connectivity index (χ1) is 9.35. The van der Waals surface area contributed by atoms with Crippen LogP contribution in [0.1, 0.15) is 6.92 Å². The minimum absolute atomic E-state index is 0.216. The van der Waals surface area contributed by atoms with Crippen LogP contribution in [0.15, 0.2) is 0 Å². The van der Waals surface area contributed by atoms with Gasteiger partial charge in [-0.25, -0.2) is 26.4 Å². The summed E-state index contributed by atoms with van der Waals surface area (Å²) < 4.78 is 55.6. The van der Waals surface area contributed by atoms with E-state index in [1.807, 2.05) is 0 Å². The van der Waals surface area contributed by atoms with Gasteiger partial charge >= 0.3 is 11.9 Å². The van der Waals surface area contributed by atoms with E-state index in [2.05, 4.69) is 9.47 Å². The zero-order valence-corrected chi connectivity index (χ0v) is 13.1. The monoisotopic (exact) mass is 342 g/mol. The molecule has 0 aromatic heterocycles. The van der Waals surface area contributed by atoms with Crippen LogP contribution in [0.3, 0.4) is 0 Å². The van der Waals surface area contributed by atoms with E-state index in [-0.39, 0.29) is 6.61 Å². The van der Waals surface area contributed by atoms with Crippen molar-refractivity contribution in [2.45, 2.75) is 17.8 Å². The second-order valence-corrected chi connectivity index (χ2v) is 8.91. The van der Waals surface area contributed by atoms with Gasteiger partial charge in [-0.15, -0.1) is 0 Å². The Labute approximate surface area is 121 Å². The third kappa shape index (κ3) is 3.40. The van der Waals surface area contributed by atoms with Crippen molar-refractivity contribution >= 4 is 37.4 Å². The van der Waals surface area contributed by atoms with Crippen LogP contribution in [0.2, 0.25) is 0 Å². The number of carbonyl (C=O) groups is 3. The lowest BCUT2D eigenvalue weighted by Gasteiger charge is -2.27. The highest BCUT2D eigenvalue weighted by molar-refractivity contribution is 7.93. The summed E-state index contributed by atoms with van der Waals surface area (Å²) in [5, 5.41) is -2.24. The zero-order chi connectivity index (χ0) is 16.6. The average molecular weight is 342 g/mol. The Bertz CT molecular complexity index is 688. The topological polar surface area (TPSA) is 138 Å². The van der Waals surface area contributed by atoms with E-state index >= 15 is 0 Å². The van der Waals surface area contributed by atoms with Crippen molar-refractivity contribution in [2.75, 3.05) is 24.9 Å². The summed E-state index contributed by atoms with van der Waals surface area (Å²) in [6, 6.07) is 0. The van der Waals surface area contributed by atoms with Crippen molar-refractivity contribution in [1.82, 2.24) is 0 Å². The number of hydrogen-bond acceptors (Lipinski definition) is 9. The summed E-state index contributed by atoms with van der Waals surface area (Å²) in [5.41, 5.74) is -2.70. The smallest absolute Gasteiger partial charge is 0.377 e. The molecule has 0 saturated carbocycles. The van der Waals surface area contributed by atoms with E-state index in [4.69, 9.17) is 0 Å². The summed E-state index contributed by atoms with van der Waals surface area (Å²) in [6.07, 6.45) is 1.32. The predicted octanol–water partition coefficient (Wildman–Crippen LogP) is -2.13. The van der Waals surface area contributed by atoms with Crippen LogP contribution in [-0.2, 0) is 43.5 Å². The number of sulfone groups is 2. The molecule has 11 heteroatoms.